The zero-order valence-electron chi connectivity index (χ0n) is 12.4. The fourth-order valence-corrected chi connectivity index (χ4v) is 2.00. The maximum atomic E-state index is 12.2. The zero-order valence-corrected chi connectivity index (χ0v) is 12.4. The van der Waals surface area contributed by atoms with Crippen molar-refractivity contribution in [3.63, 3.8) is 0 Å². The Bertz CT molecular complexity index is 727. The third-order valence-corrected chi connectivity index (χ3v) is 3.21. The molecule has 2 aromatic rings. The molecule has 0 atom stereocenters. The van der Waals surface area contributed by atoms with Crippen LogP contribution in [0.5, 0.6) is 5.75 Å². The molecule has 4 nitrogen and oxygen atoms in total. The van der Waals surface area contributed by atoms with Gasteiger partial charge in [-0.2, -0.15) is 0 Å². The van der Waals surface area contributed by atoms with Crippen molar-refractivity contribution in [1.29, 1.82) is 0 Å². The van der Waals surface area contributed by atoms with Gasteiger partial charge in [-0.1, -0.05) is 24.3 Å². The number of rotatable bonds is 5. The van der Waals surface area contributed by atoms with E-state index in [4.69, 9.17) is 9.84 Å². The summed E-state index contributed by atoms with van der Waals surface area (Å²) in [5, 5.41) is 8.84. The first-order valence-electron chi connectivity index (χ1n) is 6.71. The monoisotopic (exact) mass is 296 g/mol. The van der Waals surface area contributed by atoms with Crippen molar-refractivity contribution in [2.75, 3.05) is 7.11 Å². The number of carbonyl (C=O) groups excluding carboxylic acids is 1. The second-order valence-electron chi connectivity index (χ2n) is 4.83. The van der Waals surface area contributed by atoms with Crippen molar-refractivity contribution in [1.82, 2.24) is 0 Å². The van der Waals surface area contributed by atoms with E-state index in [9.17, 15) is 9.59 Å². The fourth-order valence-electron chi connectivity index (χ4n) is 2.00. The minimum Gasteiger partial charge on any atom is -0.496 e. The number of hydrogen-bond donors (Lipinski definition) is 1. The van der Waals surface area contributed by atoms with Gasteiger partial charge in [-0.3, -0.25) is 4.79 Å². The molecule has 0 unspecified atom stereocenters. The molecule has 0 radical (unpaired) electrons. The van der Waals surface area contributed by atoms with Crippen LogP contribution in [-0.2, 0) is 0 Å². The maximum absolute atomic E-state index is 12.2. The number of ketones is 1. The van der Waals surface area contributed by atoms with Gasteiger partial charge in [0.2, 0.25) is 0 Å². The second-order valence-corrected chi connectivity index (χ2v) is 4.83. The first-order valence-corrected chi connectivity index (χ1v) is 6.71. The summed E-state index contributed by atoms with van der Waals surface area (Å²) in [4.78, 5) is 23.0. The van der Waals surface area contributed by atoms with Crippen molar-refractivity contribution in [2.45, 2.75) is 6.92 Å². The molecular formula is C18H16O4. The molecule has 1 N–H and O–H groups in total. The van der Waals surface area contributed by atoms with Gasteiger partial charge in [0.1, 0.15) is 5.75 Å². The van der Waals surface area contributed by atoms with E-state index in [2.05, 4.69) is 0 Å². The first kappa shape index (κ1) is 15.5. The average molecular weight is 296 g/mol. The molecule has 2 aromatic carbocycles. The zero-order chi connectivity index (χ0) is 16.1. The van der Waals surface area contributed by atoms with Gasteiger partial charge in [0, 0.05) is 0 Å². The van der Waals surface area contributed by atoms with E-state index in [1.807, 2.05) is 19.1 Å². The predicted molar refractivity (Wildman–Crippen MR) is 84.5 cm³/mol. The molecule has 0 saturated carbocycles. The van der Waals surface area contributed by atoms with Crippen molar-refractivity contribution in [3.05, 3.63) is 70.8 Å². The quantitative estimate of drug-likeness (QED) is 0.676. The number of aryl methyl sites for hydroxylation is 1. The Hall–Kier alpha value is -2.88. The molecule has 0 fully saturated rings. The molecule has 0 spiro atoms. The van der Waals surface area contributed by atoms with Crippen molar-refractivity contribution in [2.24, 2.45) is 0 Å². The molecule has 0 aromatic heterocycles. The maximum Gasteiger partial charge on any atom is 0.335 e. The highest BCUT2D eigenvalue weighted by Gasteiger charge is 2.09. The Morgan fingerprint density at radius 3 is 2.36 bits per heavy atom. The lowest BCUT2D eigenvalue weighted by Crippen LogP contribution is -1.99. The molecule has 22 heavy (non-hydrogen) atoms. The Balaban J connectivity index is 2.19. The van der Waals surface area contributed by atoms with E-state index in [1.165, 1.54) is 25.3 Å². The fraction of sp³-hybridized carbons (Fsp3) is 0.111. The van der Waals surface area contributed by atoms with Gasteiger partial charge in [0.25, 0.3) is 0 Å². The van der Waals surface area contributed by atoms with Crippen molar-refractivity contribution < 1.29 is 19.4 Å². The van der Waals surface area contributed by atoms with Gasteiger partial charge < -0.3 is 9.84 Å². The van der Waals surface area contributed by atoms with Gasteiger partial charge in [-0.25, -0.2) is 4.79 Å². The second kappa shape index (κ2) is 6.72. The van der Waals surface area contributed by atoms with Crippen LogP contribution in [0.25, 0.3) is 6.08 Å². The van der Waals surface area contributed by atoms with Crippen LogP contribution in [0.15, 0.2) is 48.5 Å². The van der Waals surface area contributed by atoms with Crippen LogP contribution in [0, 0.1) is 6.92 Å². The molecule has 0 amide bonds. The molecule has 0 bridgehead atoms. The smallest absolute Gasteiger partial charge is 0.335 e. The Labute approximate surface area is 128 Å². The number of aromatic carboxylic acids is 1. The predicted octanol–water partition coefficient (Wildman–Crippen LogP) is 3.60. The van der Waals surface area contributed by atoms with Crippen LogP contribution in [0.4, 0.5) is 0 Å². The molecule has 112 valence electrons. The van der Waals surface area contributed by atoms with Crippen LogP contribution in [-0.4, -0.2) is 24.0 Å². The lowest BCUT2D eigenvalue weighted by atomic mass is 10.1. The number of carboxylic acid groups (broad SMARTS) is 1. The largest absolute Gasteiger partial charge is 0.496 e. The summed E-state index contributed by atoms with van der Waals surface area (Å²) in [5.41, 5.74) is 2.47. The van der Waals surface area contributed by atoms with Crippen molar-refractivity contribution in [3.8, 4) is 5.75 Å². The van der Waals surface area contributed by atoms with Gasteiger partial charge in [0.15, 0.2) is 5.78 Å². The van der Waals surface area contributed by atoms with Crippen molar-refractivity contribution >= 4 is 17.8 Å². The number of benzene rings is 2. The molecular weight excluding hydrogens is 280 g/mol. The van der Waals surface area contributed by atoms with Crippen LogP contribution in [0.3, 0.4) is 0 Å². The number of hydrogen-bond acceptors (Lipinski definition) is 3. The van der Waals surface area contributed by atoms with E-state index in [0.717, 1.165) is 11.1 Å². The van der Waals surface area contributed by atoms with E-state index in [-0.39, 0.29) is 11.3 Å². The van der Waals surface area contributed by atoms with Crippen LogP contribution < -0.4 is 4.74 Å². The Morgan fingerprint density at radius 1 is 1.09 bits per heavy atom. The molecule has 2 rings (SSSR count). The minimum absolute atomic E-state index is 0.167. The average Bonchev–Trinajstić information content (AvgIpc) is 2.52. The number of allylic oxidation sites excluding steroid dienone is 1. The standard InChI is InChI=1S/C18H16O4/c1-12-3-9-15(17(11-12)22-2)16(19)10-6-13-4-7-14(8-5-13)18(20)21/h3-11H,1-2H3,(H,20,21). The molecule has 0 aliphatic carbocycles. The highest BCUT2D eigenvalue weighted by atomic mass is 16.5. The SMILES string of the molecule is COc1cc(C)ccc1C(=O)C=Cc1ccc(C(=O)O)cc1. The first-order chi connectivity index (χ1) is 10.5. The summed E-state index contributed by atoms with van der Waals surface area (Å²) in [6.45, 7) is 1.93. The lowest BCUT2D eigenvalue weighted by Gasteiger charge is -2.06. The van der Waals surface area contributed by atoms with E-state index in [1.54, 1.807) is 24.3 Å². The summed E-state index contributed by atoms with van der Waals surface area (Å²) in [7, 11) is 1.53. The summed E-state index contributed by atoms with van der Waals surface area (Å²) < 4.78 is 5.22. The summed E-state index contributed by atoms with van der Waals surface area (Å²) in [6, 6.07) is 11.7. The van der Waals surface area contributed by atoms with Gasteiger partial charge >= 0.3 is 5.97 Å². The number of ether oxygens (including phenoxy) is 1. The highest BCUT2D eigenvalue weighted by Crippen LogP contribution is 2.21. The number of carbonyl (C=O) groups is 2. The summed E-state index contributed by atoms with van der Waals surface area (Å²) >= 11 is 0. The van der Waals surface area contributed by atoms with Gasteiger partial charge in [-0.15, -0.1) is 0 Å². The third kappa shape index (κ3) is 3.61. The molecule has 0 aliphatic heterocycles. The van der Waals surface area contributed by atoms with Crippen LogP contribution in [0.2, 0.25) is 0 Å². The Morgan fingerprint density at radius 2 is 1.77 bits per heavy atom. The summed E-state index contributed by atoms with van der Waals surface area (Å²) in [6.07, 6.45) is 3.09. The molecule has 0 aliphatic rings. The summed E-state index contributed by atoms with van der Waals surface area (Å²) in [5.74, 6) is -0.606. The van der Waals surface area contributed by atoms with Gasteiger partial charge in [-0.05, 0) is 48.4 Å². The van der Waals surface area contributed by atoms with E-state index in [0.29, 0.717) is 11.3 Å². The lowest BCUT2D eigenvalue weighted by molar-refractivity contribution is 0.0696. The van der Waals surface area contributed by atoms with E-state index >= 15 is 0 Å². The Kier molecular flexibility index (Phi) is 4.73. The topological polar surface area (TPSA) is 63.6 Å². The van der Waals surface area contributed by atoms with E-state index < -0.39 is 5.97 Å². The normalized spacial score (nSPS) is 10.6. The molecule has 0 saturated heterocycles. The molecule has 4 heteroatoms. The third-order valence-electron chi connectivity index (χ3n) is 3.21. The molecule has 0 heterocycles. The number of methoxy groups -OCH3 is 1. The van der Waals surface area contributed by atoms with Crippen LogP contribution >= 0.6 is 0 Å². The van der Waals surface area contributed by atoms with Gasteiger partial charge in [0.05, 0.1) is 18.2 Å². The number of carboxylic acids is 1. The minimum atomic E-state index is -0.976. The highest BCUT2D eigenvalue weighted by molar-refractivity contribution is 6.08. The van der Waals surface area contributed by atoms with Crippen LogP contribution in [0.1, 0.15) is 31.8 Å².